The number of rotatable bonds is 3. The topological polar surface area (TPSA) is 33.0 Å². The summed E-state index contributed by atoms with van der Waals surface area (Å²) in [6.45, 7) is 0. The van der Waals surface area contributed by atoms with Crippen LogP contribution in [0, 0.1) is 11.3 Å². The fourth-order valence-electron chi connectivity index (χ4n) is 1.21. The van der Waals surface area contributed by atoms with Gasteiger partial charge in [-0.2, -0.15) is 5.26 Å². The first kappa shape index (κ1) is 9.36. The predicted molar refractivity (Wildman–Crippen MR) is 54.4 cm³/mol. The van der Waals surface area contributed by atoms with E-state index in [2.05, 4.69) is 6.07 Å². The fourth-order valence-corrected chi connectivity index (χ4v) is 1.45. The van der Waals surface area contributed by atoms with E-state index in [0.29, 0.717) is 17.5 Å². The second kappa shape index (κ2) is 3.89. The van der Waals surface area contributed by atoms with Crippen molar-refractivity contribution in [3.05, 3.63) is 28.8 Å². The van der Waals surface area contributed by atoms with Gasteiger partial charge >= 0.3 is 0 Å². The quantitative estimate of drug-likeness (QED) is 0.764. The molecule has 0 N–H and O–H groups in total. The predicted octanol–water partition coefficient (Wildman–Crippen LogP) is 2.95. The summed E-state index contributed by atoms with van der Waals surface area (Å²) in [6.07, 6.45) is 2.99. The summed E-state index contributed by atoms with van der Waals surface area (Å²) in [6, 6.07) is 7.60. The zero-order chi connectivity index (χ0) is 9.97. The van der Waals surface area contributed by atoms with Gasteiger partial charge in [0.25, 0.3) is 0 Å². The smallest absolute Gasteiger partial charge is 0.138 e. The summed E-state index contributed by atoms with van der Waals surface area (Å²) in [5.41, 5.74) is 0.931. The van der Waals surface area contributed by atoms with Crippen LogP contribution < -0.4 is 4.74 Å². The monoisotopic (exact) mass is 207 g/mol. The summed E-state index contributed by atoms with van der Waals surface area (Å²) in [5.74, 6) is 0.732. The van der Waals surface area contributed by atoms with Crippen molar-refractivity contribution in [2.75, 3.05) is 0 Å². The first-order valence-corrected chi connectivity index (χ1v) is 4.99. The van der Waals surface area contributed by atoms with Gasteiger partial charge in [-0.25, -0.2) is 0 Å². The number of ether oxygens (including phenoxy) is 1. The molecule has 0 atom stereocenters. The molecule has 1 fully saturated rings. The maximum absolute atomic E-state index is 8.51. The van der Waals surface area contributed by atoms with Gasteiger partial charge < -0.3 is 4.74 Å². The molecule has 14 heavy (non-hydrogen) atoms. The molecule has 72 valence electrons. The lowest BCUT2D eigenvalue weighted by Gasteiger charge is -2.06. The van der Waals surface area contributed by atoms with E-state index in [-0.39, 0.29) is 0 Å². The summed E-state index contributed by atoms with van der Waals surface area (Å²) in [7, 11) is 0. The molecule has 2 nitrogen and oxygen atoms in total. The second-order valence-electron chi connectivity index (χ2n) is 3.42. The van der Waals surface area contributed by atoms with E-state index in [1.165, 1.54) is 0 Å². The van der Waals surface area contributed by atoms with E-state index < -0.39 is 0 Å². The molecule has 0 radical (unpaired) electrons. The third-order valence-electron chi connectivity index (χ3n) is 2.10. The number of nitrogens with zero attached hydrogens (tertiary/aromatic N) is 1. The molecule has 1 aromatic carbocycles. The minimum absolute atomic E-state index is 0.356. The van der Waals surface area contributed by atoms with Crippen LogP contribution in [-0.4, -0.2) is 6.10 Å². The van der Waals surface area contributed by atoms with Crippen LogP contribution in [0.15, 0.2) is 18.2 Å². The SMILES string of the molecule is N#CCc1ccc(OC2CC2)c(Cl)c1. The third-order valence-corrected chi connectivity index (χ3v) is 2.39. The highest BCUT2D eigenvalue weighted by Crippen LogP contribution is 2.32. The van der Waals surface area contributed by atoms with E-state index in [1.807, 2.05) is 12.1 Å². The van der Waals surface area contributed by atoms with Crippen molar-refractivity contribution in [3.63, 3.8) is 0 Å². The Labute approximate surface area is 88.1 Å². The molecule has 1 aliphatic carbocycles. The van der Waals surface area contributed by atoms with E-state index in [9.17, 15) is 0 Å². The summed E-state index contributed by atoms with van der Waals surface area (Å²) in [4.78, 5) is 0. The molecule has 0 bridgehead atoms. The normalized spacial score (nSPS) is 14.9. The molecular weight excluding hydrogens is 198 g/mol. The van der Waals surface area contributed by atoms with Gasteiger partial charge in [-0.1, -0.05) is 17.7 Å². The lowest BCUT2D eigenvalue weighted by molar-refractivity contribution is 0.303. The van der Waals surface area contributed by atoms with Crippen LogP contribution in [0.2, 0.25) is 5.02 Å². The Morgan fingerprint density at radius 1 is 1.50 bits per heavy atom. The van der Waals surface area contributed by atoms with E-state index >= 15 is 0 Å². The molecule has 3 heteroatoms. The van der Waals surface area contributed by atoms with E-state index in [4.69, 9.17) is 21.6 Å². The average Bonchev–Trinajstić information content (AvgIpc) is 2.94. The average molecular weight is 208 g/mol. The Morgan fingerprint density at radius 2 is 2.29 bits per heavy atom. The van der Waals surface area contributed by atoms with Gasteiger partial charge in [0.2, 0.25) is 0 Å². The molecular formula is C11H10ClNO. The molecule has 0 spiro atoms. The standard InChI is InChI=1S/C11H10ClNO/c12-10-7-8(5-6-13)1-4-11(10)14-9-2-3-9/h1,4,7,9H,2-3,5H2. The Kier molecular flexibility index (Phi) is 2.60. The molecule has 0 aliphatic heterocycles. The van der Waals surface area contributed by atoms with E-state index in [0.717, 1.165) is 24.2 Å². The molecule has 0 unspecified atom stereocenters. The Hall–Kier alpha value is -1.20. The van der Waals surface area contributed by atoms with Crippen molar-refractivity contribution in [3.8, 4) is 11.8 Å². The third kappa shape index (κ3) is 2.18. The van der Waals surface area contributed by atoms with Gasteiger partial charge in [-0.05, 0) is 30.5 Å². The van der Waals surface area contributed by atoms with Gasteiger partial charge in [0.15, 0.2) is 0 Å². The maximum atomic E-state index is 8.51. The minimum atomic E-state index is 0.356. The van der Waals surface area contributed by atoms with Crippen LogP contribution in [0.5, 0.6) is 5.75 Å². The van der Waals surface area contributed by atoms with Crippen molar-refractivity contribution >= 4 is 11.6 Å². The van der Waals surface area contributed by atoms with Gasteiger partial charge in [0.1, 0.15) is 5.75 Å². The molecule has 0 saturated heterocycles. The van der Waals surface area contributed by atoms with Crippen molar-refractivity contribution in [1.82, 2.24) is 0 Å². The summed E-state index contributed by atoms with van der Waals surface area (Å²) >= 11 is 6.00. The first-order valence-electron chi connectivity index (χ1n) is 4.61. The lowest BCUT2D eigenvalue weighted by atomic mass is 10.2. The van der Waals surface area contributed by atoms with Crippen molar-refractivity contribution < 1.29 is 4.74 Å². The molecule has 1 saturated carbocycles. The Morgan fingerprint density at radius 3 is 2.86 bits per heavy atom. The second-order valence-corrected chi connectivity index (χ2v) is 3.82. The van der Waals surface area contributed by atoms with Gasteiger partial charge in [0, 0.05) is 0 Å². The number of hydrogen-bond donors (Lipinski definition) is 0. The highest BCUT2D eigenvalue weighted by Gasteiger charge is 2.24. The number of halogens is 1. The van der Waals surface area contributed by atoms with Crippen LogP contribution in [0.4, 0.5) is 0 Å². The first-order chi connectivity index (χ1) is 6.79. The molecule has 0 heterocycles. The zero-order valence-corrected chi connectivity index (χ0v) is 8.42. The van der Waals surface area contributed by atoms with E-state index in [1.54, 1.807) is 6.07 Å². The van der Waals surface area contributed by atoms with Crippen LogP contribution in [-0.2, 0) is 6.42 Å². The van der Waals surface area contributed by atoms with Crippen LogP contribution in [0.3, 0.4) is 0 Å². The molecule has 1 aliphatic rings. The lowest BCUT2D eigenvalue weighted by Crippen LogP contribution is -1.96. The Bertz CT molecular complexity index is 379. The zero-order valence-electron chi connectivity index (χ0n) is 7.66. The van der Waals surface area contributed by atoms with Crippen molar-refractivity contribution in [2.24, 2.45) is 0 Å². The van der Waals surface area contributed by atoms with Crippen molar-refractivity contribution in [1.29, 1.82) is 5.26 Å². The van der Waals surface area contributed by atoms with Gasteiger partial charge in [0.05, 0.1) is 23.6 Å². The fraction of sp³-hybridized carbons (Fsp3) is 0.364. The summed E-state index contributed by atoms with van der Waals surface area (Å²) in [5, 5.41) is 9.11. The Balaban J connectivity index is 2.13. The number of benzene rings is 1. The summed E-state index contributed by atoms with van der Waals surface area (Å²) < 4.78 is 5.57. The molecule has 0 aromatic heterocycles. The molecule has 0 amide bonds. The maximum Gasteiger partial charge on any atom is 0.138 e. The van der Waals surface area contributed by atoms with Crippen LogP contribution in [0.1, 0.15) is 18.4 Å². The largest absolute Gasteiger partial charge is 0.489 e. The van der Waals surface area contributed by atoms with Gasteiger partial charge in [-0.15, -0.1) is 0 Å². The molecule has 1 aromatic rings. The van der Waals surface area contributed by atoms with Crippen molar-refractivity contribution in [2.45, 2.75) is 25.4 Å². The number of hydrogen-bond acceptors (Lipinski definition) is 2. The van der Waals surface area contributed by atoms with Gasteiger partial charge in [-0.3, -0.25) is 0 Å². The van der Waals surface area contributed by atoms with Crippen LogP contribution >= 0.6 is 11.6 Å². The highest BCUT2D eigenvalue weighted by molar-refractivity contribution is 6.32. The number of nitriles is 1. The highest BCUT2D eigenvalue weighted by atomic mass is 35.5. The minimum Gasteiger partial charge on any atom is -0.489 e. The van der Waals surface area contributed by atoms with Crippen LogP contribution in [0.25, 0.3) is 0 Å². The molecule has 2 rings (SSSR count).